The predicted octanol–water partition coefficient (Wildman–Crippen LogP) is 4.29. The van der Waals surface area contributed by atoms with Gasteiger partial charge in [0.2, 0.25) is 5.78 Å². The van der Waals surface area contributed by atoms with Crippen molar-refractivity contribution in [1.82, 2.24) is 0 Å². The Balaban J connectivity index is 1.74. The molecule has 0 bridgehead atoms. The molecule has 2 aromatic rings. The zero-order chi connectivity index (χ0) is 18.7. The molecule has 0 aromatic heterocycles. The van der Waals surface area contributed by atoms with Gasteiger partial charge in [-0.15, -0.1) is 0 Å². The van der Waals surface area contributed by atoms with Gasteiger partial charge in [0.05, 0.1) is 11.7 Å². The number of allylic oxidation sites excluding steroid dienone is 1. The summed E-state index contributed by atoms with van der Waals surface area (Å²) in [5.41, 5.74) is 1.12. The van der Waals surface area contributed by atoms with Crippen molar-refractivity contribution in [2.24, 2.45) is 0 Å². The number of rotatable bonds is 5. The van der Waals surface area contributed by atoms with Gasteiger partial charge in [0, 0.05) is 11.1 Å². The van der Waals surface area contributed by atoms with Gasteiger partial charge in [-0.2, -0.15) is 0 Å². The lowest BCUT2D eigenvalue weighted by Crippen LogP contribution is -2.18. The van der Waals surface area contributed by atoms with Crippen molar-refractivity contribution in [2.75, 3.05) is 6.61 Å². The molecule has 2 aromatic carbocycles. The quantitative estimate of drug-likeness (QED) is 0.579. The predicted molar refractivity (Wildman–Crippen MR) is 97.6 cm³/mol. The Bertz CT molecular complexity index is 886. The highest BCUT2D eigenvalue weighted by Gasteiger charge is 2.28. The standard InChI is InChI=1S/C20H17ClO5/c1-12(2)25-19(22)11-24-14-7-8-15-17(10-14)26-18(20(15)23)9-13-5-3-4-6-16(13)21/h3-10,12H,11H2,1-2H3. The summed E-state index contributed by atoms with van der Waals surface area (Å²) in [4.78, 5) is 24.0. The number of fused-ring (bicyclic) bond motifs is 1. The zero-order valence-corrected chi connectivity index (χ0v) is 15.1. The lowest BCUT2D eigenvalue weighted by atomic mass is 10.1. The summed E-state index contributed by atoms with van der Waals surface area (Å²) in [6.07, 6.45) is 1.40. The molecule has 5 nitrogen and oxygen atoms in total. The molecule has 0 spiro atoms. The number of carbonyl (C=O) groups excluding carboxylic acids is 2. The van der Waals surface area contributed by atoms with Crippen LogP contribution in [0.25, 0.3) is 6.08 Å². The first kappa shape index (κ1) is 18.0. The van der Waals surface area contributed by atoms with Crippen molar-refractivity contribution >= 4 is 29.4 Å². The van der Waals surface area contributed by atoms with Crippen LogP contribution in [0, 0.1) is 0 Å². The van der Waals surface area contributed by atoms with Crippen molar-refractivity contribution in [2.45, 2.75) is 20.0 Å². The monoisotopic (exact) mass is 372 g/mol. The topological polar surface area (TPSA) is 61.8 Å². The number of benzene rings is 2. The van der Waals surface area contributed by atoms with Gasteiger partial charge >= 0.3 is 5.97 Å². The normalized spacial score (nSPS) is 14.3. The van der Waals surface area contributed by atoms with Gasteiger partial charge in [0.25, 0.3) is 0 Å². The molecule has 0 unspecified atom stereocenters. The Morgan fingerprint density at radius 3 is 2.73 bits per heavy atom. The van der Waals surface area contributed by atoms with Crippen molar-refractivity contribution < 1.29 is 23.8 Å². The number of ether oxygens (including phenoxy) is 3. The van der Waals surface area contributed by atoms with Crippen LogP contribution in [0.5, 0.6) is 11.5 Å². The fourth-order valence-electron chi connectivity index (χ4n) is 2.43. The summed E-state index contributed by atoms with van der Waals surface area (Å²) in [7, 11) is 0. The summed E-state index contributed by atoms with van der Waals surface area (Å²) >= 11 is 6.12. The van der Waals surface area contributed by atoms with Crippen LogP contribution in [0.4, 0.5) is 0 Å². The molecule has 0 N–H and O–H groups in total. The molecular formula is C20H17ClO5. The van der Waals surface area contributed by atoms with E-state index in [1.807, 2.05) is 12.1 Å². The van der Waals surface area contributed by atoms with Crippen molar-refractivity contribution in [3.05, 3.63) is 64.4 Å². The molecule has 6 heteroatoms. The van der Waals surface area contributed by atoms with Gasteiger partial charge in [-0.3, -0.25) is 4.79 Å². The molecule has 0 saturated heterocycles. The van der Waals surface area contributed by atoms with E-state index in [9.17, 15) is 9.59 Å². The second kappa shape index (κ2) is 7.62. The Morgan fingerprint density at radius 1 is 1.23 bits per heavy atom. The largest absolute Gasteiger partial charge is 0.482 e. The Kier molecular flexibility index (Phi) is 5.28. The van der Waals surface area contributed by atoms with Gasteiger partial charge in [-0.25, -0.2) is 4.79 Å². The van der Waals surface area contributed by atoms with E-state index in [4.69, 9.17) is 25.8 Å². The number of hydrogen-bond acceptors (Lipinski definition) is 5. The molecule has 1 aliphatic rings. The number of halogens is 1. The van der Waals surface area contributed by atoms with Crippen LogP contribution in [-0.4, -0.2) is 24.5 Å². The molecular weight excluding hydrogens is 356 g/mol. The lowest BCUT2D eigenvalue weighted by molar-refractivity contribution is -0.149. The van der Waals surface area contributed by atoms with Crippen LogP contribution in [0.2, 0.25) is 5.02 Å². The zero-order valence-electron chi connectivity index (χ0n) is 14.3. The number of esters is 1. The van der Waals surface area contributed by atoms with E-state index < -0.39 is 5.97 Å². The number of ketones is 1. The first-order valence-corrected chi connectivity index (χ1v) is 8.47. The SMILES string of the molecule is CC(C)OC(=O)COc1ccc2c(c1)OC(=Cc1ccccc1Cl)C2=O. The Labute approximate surface area is 156 Å². The molecule has 1 heterocycles. The minimum absolute atomic E-state index is 0.185. The molecule has 1 aliphatic heterocycles. The molecule has 0 radical (unpaired) electrons. The first-order chi connectivity index (χ1) is 12.4. The fraction of sp³-hybridized carbons (Fsp3) is 0.200. The van der Waals surface area contributed by atoms with Crippen molar-refractivity contribution in [3.63, 3.8) is 0 Å². The average Bonchev–Trinajstić information content (AvgIpc) is 2.90. The van der Waals surface area contributed by atoms with E-state index in [2.05, 4.69) is 0 Å². The van der Waals surface area contributed by atoms with Crippen LogP contribution < -0.4 is 9.47 Å². The third kappa shape index (κ3) is 4.06. The van der Waals surface area contributed by atoms with Gasteiger partial charge in [0.1, 0.15) is 11.5 Å². The molecule has 26 heavy (non-hydrogen) atoms. The van der Waals surface area contributed by atoms with Crippen molar-refractivity contribution in [3.8, 4) is 11.5 Å². The molecule has 0 saturated carbocycles. The lowest BCUT2D eigenvalue weighted by Gasteiger charge is -2.09. The van der Waals surface area contributed by atoms with Gasteiger partial charge < -0.3 is 14.2 Å². The third-order valence-corrected chi connectivity index (χ3v) is 3.90. The third-order valence-electron chi connectivity index (χ3n) is 3.56. The minimum atomic E-state index is -0.461. The highest BCUT2D eigenvalue weighted by Crippen LogP contribution is 2.35. The van der Waals surface area contributed by atoms with Crippen LogP contribution >= 0.6 is 11.6 Å². The van der Waals surface area contributed by atoms with E-state index >= 15 is 0 Å². The summed E-state index contributed by atoms with van der Waals surface area (Å²) in [5, 5.41) is 0.528. The van der Waals surface area contributed by atoms with E-state index in [0.717, 1.165) is 0 Å². The summed E-state index contributed by atoms with van der Waals surface area (Å²) in [6, 6.07) is 12.0. The fourth-order valence-corrected chi connectivity index (χ4v) is 2.62. The molecule has 0 aliphatic carbocycles. The second-order valence-corrected chi connectivity index (χ2v) is 6.35. The summed E-state index contributed by atoms with van der Waals surface area (Å²) < 4.78 is 16.0. The summed E-state index contributed by atoms with van der Waals surface area (Å²) in [6.45, 7) is 3.31. The maximum absolute atomic E-state index is 12.5. The Hall–Kier alpha value is -2.79. The molecule has 3 rings (SSSR count). The smallest absolute Gasteiger partial charge is 0.344 e. The van der Waals surface area contributed by atoms with Crippen LogP contribution in [0.3, 0.4) is 0 Å². The van der Waals surface area contributed by atoms with Crippen LogP contribution in [0.1, 0.15) is 29.8 Å². The number of carbonyl (C=O) groups is 2. The minimum Gasteiger partial charge on any atom is -0.482 e. The van der Waals surface area contributed by atoms with Crippen molar-refractivity contribution in [1.29, 1.82) is 0 Å². The van der Waals surface area contributed by atoms with E-state index in [0.29, 0.717) is 27.6 Å². The van der Waals surface area contributed by atoms with E-state index in [1.54, 1.807) is 50.3 Å². The molecule has 0 amide bonds. The van der Waals surface area contributed by atoms with E-state index in [-0.39, 0.29) is 24.3 Å². The van der Waals surface area contributed by atoms with Crippen LogP contribution in [0.15, 0.2) is 48.2 Å². The highest BCUT2D eigenvalue weighted by atomic mass is 35.5. The summed E-state index contributed by atoms with van der Waals surface area (Å²) in [5.74, 6) is 0.284. The maximum atomic E-state index is 12.5. The average molecular weight is 373 g/mol. The number of Topliss-reactive ketones (excluding diaryl/α,β-unsaturated/α-hetero) is 1. The van der Waals surface area contributed by atoms with Gasteiger partial charge in [0.15, 0.2) is 12.4 Å². The van der Waals surface area contributed by atoms with Gasteiger partial charge in [-0.05, 0) is 43.7 Å². The second-order valence-electron chi connectivity index (χ2n) is 5.95. The first-order valence-electron chi connectivity index (χ1n) is 8.09. The van der Waals surface area contributed by atoms with Gasteiger partial charge in [-0.1, -0.05) is 29.8 Å². The maximum Gasteiger partial charge on any atom is 0.344 e. The molecule has 0 fully saturated rings. The molecule has 0 atom stereocenters. The number of hydrogen-bond donors (Lipinski definition) is 0. The van der Waals surface area contributed by atoms with E-state index in [1.165, 1.54) is 0 Å². The molecule has 134 valence electrons. The van der Waals surface area contributed by atoms with Crippen LogP contribution in [-0.2, 0) is 9.53 Å². The Morgan fingerprint density at radius 2 is 2.00 bits per heavy atom. The highest BCUT2D eigenvalue weighted by molar-refractivity contribution is 6.32.